The van der Waals surface area contributed by atoms with Crippen LogP contribution >= 0.6 is 11.8 Å². The van der Waals surface area contributed by atoms with Crippen LogP contribution in [-0.2, 0) is 0 Å². The lowest BCUT2D eigenvalue weighted by Gasteiger charge is -2.20. The van der Waals surface area contributed by atoms with Crippen LogP contribution in [-0.4, -0.2) is 23.1 Å². The first-order valence-corrected chi connectivity index (χ1v) is 6.19. The summed E-state index contributed by atoms with van der Waals surface area (Å²) in [7, 11) is 0. The normalized spacial score (nSPS) is 15.0. The van der Waals surface area contributed by atoms with E-state index in [9.17, 15) is 0 Å². The Morgan fingerprint density at radius 2 is 1.69 bits per heavy atom. The number of hydrogen-bond donors (Lipinski definition) is 1. The SMILES string of the molecule is CC(C)C(C)NCCSC(C)(C)C. The maximum absolute atomic E-state index is 3.53. The van der Waals surface area contributed by atoms with Crippen LogP contribution in [0.4, 0.5) is 0 Å². The number of nitrogens with one attached hydrogen (secondary N) is 1. The van der Waals surface area contributed by atoms with Crippen molar-refractivity contribution < 1.29 is 0 Å². The highest BCUT2D eigenvalue weighted by Crippen LogP contribution is 2.22. The molecule has 0 aliphatic rings. The molecule has 1 unspecified atom stereocenters. The first-order chi connectivity index (χ1) is 5.83. The predicted molar refractivity (Wildman–Crippen MR) is 64.5 cm³/mol. The maximum atomic E-state index is 3.53. The quantitative estimate of drug-likeness (QED) is 0.689. The molecule has 0 saturated heterocycles. The van der Waals surface area contributed by atoms with E-state index in [1.165, 1.54) is 5.75 Å². The average Bonchev–Trinajstić information content (AvgIpc) is 1.95. The van der Waals surface area contributed by atoms with Crippen LogP contribution in [0, 0.1) is 5.92 Å². The monoisotopic (exact) mass is 203 g/mol. The van der Waals surface area contributed by atoms with Gasteiger partial charge in [0, 0.05) is 23.1 Å². The fourth-order valence-corrected chi connectivity index (χ4v) is 1.71. The molecule has 0 aliphatic heterocycles. The van der Waals surface area contributed by atoms with E-state index in [0.717, 1.165) is 12.5 Å². The molecule has 0 fully saturated rings. The minimum Gasteiger partial charge on any atom is -0.313 e. The molecule has 1 N–H and O–H groups in total. The molecule has 13 heavy (non-hydrogen) atoms. The Labute approximate surface area is 88.1 Å². The van der Waals surface area contributed by atoms with Gasteiger partial charge in [0.1, 0.15) is 0 Å². The standard InChI is InChI=1S/C11H25NS/c1-9(2)10(3)12-7-8-13-11(4,5)6/h9-10,12H,7-8H2,1-6H3. The van der Waals surface area contributed by atoms with Gasteiger partial charge in [-0.2, -0.15) is 11.8 Å². The number of hydrogen-bond acceptors (Lipinski definition) is 2. The Balaban J connectivity index is 3.36. The summed E-state index contributed by atoms with van der Waals surface area (Å²) in [4.78, 5) is 0. The first kappa shape index (κ1) is 13.3. The molecule has 0 bridgehead atoms. The Morgan fingerprint density at radius 1 is 1.15 bits per heavy atom. The number of rotatable bonds is 5. The molecule has 1 atom stereocenters. The zero-order chi connectivity index (χ0) is 10.5. The van der Waals surface area contributed by atoms with Gasteiger partial charge in [0.05, 0.1) is 0 Å². The third-order valence-electron chi connectivity index (χ3n) is 2.10. The fraction of sp³-hybridized carbons (Fsp3) is 1.00. The second kappa shape index (κ2) is 5.92. The van der Waals surface area contributed by atoms with E-state index in [1.54, 1.807) is 0 Å². The average molecular weight is 203 g/mol. The summed E-state index contributed by atoms with van der Waals surface area (Å²) >= 11 is 2.02. The van der Waals surface area contributed by atoms with Crippen LogP contribution in [0.2, 0.25) is 0 Å². The van der Waals surface area contributed by atoms with E-state index in [2.05, 4.69) is 46.9 Å². The lowest BCUT2D eigenvalue weighted by atomic mass is 10.1. The third kappa shape index (κ3) is 8.63. The van der Waals surface area contributed by atoms with Crippen LogP contribution in [0.25, 0.3) is 0 Å². The highest BCUT2D eigenvalue weighted by Gasteiger charge is 2.10. The molecule has 0 rings (SSSR count). The van der Waals surface area contributed by atoms with Crippen molar-refractivity contribution >= 4 is 11.8 Å². The zero-order valence-corrected chi connectivity index (χ0v) is 10.8. The fourth-order valence-electron chi connectivity index (χ4n) is 0.880. The van der Waals surface area contributed by atoms with Crippen LogP contribution in [0.3, 0.4) is 0 Å². The molecule has 0 aromatic heterocycles. The van der Waals surface area contributed by atoms with E-state index < -0.39 is 0 Å². The molecule has 0 spiro atoms. The van der Waals surface area contributed by atoms with Crippen LogP contribution in [0.5, 0.6) is 0 Å². The van der Waals surface area contributed by atoms with E-state index in [0.29, 0.717) is 10.8 Å². The molecule has 80 valence electrons. The lowest BCUT2D eigenvalue weighted by molar-refractivity contribution is 0.438. The Morgan fingerprint density at radius 3 is 2.08 bits per heavy atom. The third-order valence-corrected chi connectivity index (χ3v) is 3.38. The molecule has 0 saturated carbocycles. The van der Waals surface area contributed by atoms with Gasteiger partial charge in [-0.25, -0.2) is 0 Å². The van der Waals surface area contributed by atoms with Crippen molar-refractivity contribution in [3.63, 3.8) is 0 Å². The van der Waals surface area contributed by atoms with E-state index in [4.69, 9.17) is 0 Å². The zero-order valence-electron chi connectivity index (χ0n) is 9.98. The van der Waals surface area contributed by atoms with Gasteiger partial charge in [-0.1, -0.05) is 34.6 Å². The topological polar surface area (TPSA) is 12.0 Å². The largest absolute Gasteiger partial charge is 0.313 e. The summed E-state index contributed by atoms with van der Waals surface area (Å²) in [5, 5.41) is 3.53. The Hall–Kier alpha value is 0.310. The number of thioether (sulfide) groups is 1. The van der Waals surface area contributed by atoms with Crippen molar-refractivity contribution in [3.05, 3.63) is 0 Å². The Bertz CT molecular complexity index is 127. The van der Waals surface area contributed by atoms with Crippen LogP contribution < -0.4 is 5.32 Å². The lowest BCUT2D eigenvalue weighted by Crippen LogP contribution is -2.32. The van der Waals surface area contributed by atoms with Crippen molar-refractivity contribution in [1.29, 1.82) is 0 Å². The van der Waals surface area contributed by atoms with Gasteiger partial charge in [-0.3, -0.25) is 0 Å². The summed E-state index contributed by atoms with van der Waals surface area (Å²) in [5.41, 5.74) is 0. The van der Waals surface area contributed by atoms with Gasteiger partial charge < -0.3 is 5.32 Å². The molecule has 0 aromatic carbocycles. The summed E-state index contributed by atoms with van der Waals surface area (Å²) in [6.45, 7) is 14.7. The minimum absolute atomic E-state index is 0.406. The molecule has 0 aliphatic carbocycles. The van der Waals surface area contributed by atoms with Crippen molar-refractivity contribution in [3.8, 4) is 0 Å². The maximum Gasteiger partial charge on any atom is 0.00755 e. The van der Waals surface area contributed by atoms with Gasteiger partial charge in [0.25, 0.3) is 0 Å². The summed E-state index contributed by atoms with van der Waals surface area (Å²) in [6, 6.07) is 0.639. The van der Waals surface area contributed by atoms with Crippen molar-refractivity contribution in [2.75, 3.05) is 12.3 Å². The van der Waals surface area contributed by atoms with Gasteiger partial charge >= 0.3 is 0 Å². The van der Waals surface area contributed by atoms with E-state index >= 15 is 0 Å². The van der Waals surface area contributed by atoms with Crippen molar-refractivity contribution in [2.24, 2.45) is 5.92 Å². The minimum atomic E-state index is 0.406. The van der Waals surface area contributed by atoms with Gasteiger partial charge in [0.15, 0.2) is 0 Å². The second-order valence-corrected chi connectivity index (χ2v) is 6.87. The second-order valence-electron chi connectivity index (χ2n) is 4.95. The molecule has 0 heterocycles. The van der Waals surface area contributed by atoms with Crippen LogP contribution in [0.1, 0.15) is 41.5 Å². The molecule has 0 amide bonds. The van der Waals surface area contributed by atoms with Gasteiger partial charge in [-0.05, 0) is 12.8 Å². The van der Waals surface area contributed by atoms with E-state index in [1.807, 2.05) is 11.8 Å². The van der Waals surface area contributed by atoms with Crippen molar-refractivity contribution in [1.82, 2.24) is 5.32 Å². The highest BCUT2D eigenvalue weighted by molar-refractivity contribution is 8.00. The van der Waals surface area contributed by atoms with Gasteiger partial charge in [-0.15, -0.1) is 0 Å². The highest BCUT2D eigenvalue weighted by atomic mass is 32.2. The smallest absolute Gasteiger partial charge is 0.00755 e. The predicted octanol–water partition coefficient (Wildman–Crippen LogP) is 3.15. The molecular formula is C11H25NS. The van der Waals surface area contributed by atoms with Crippen molar-refractivity contribution in [2.45, 2.75) is 52.3 Å². The molecular weight excluding hydrogens is 178 g/mol. The molecule has 2 heteroatoms. The molecule has 1 nitrogen and oxygen atoms in total. The van der Waals surface area contributed by atoms with Gasteiger partial charge in [0.2, 0.25) is 0 Å². The van der Waals surface area contributed by atoms with E-state index in [-0.39, 0.29) is 0 Å². The Kier molecular flexibility index (Phi) is 6.06. The van der Waals surface area contributed by atoms with Crippen LogP contribution in [0.15, 0.2) is 0 Å². The summed E-state index contributed by atoms with van der Waals surface area (Å²) < 4.78 is 0.406. The first-order valence-electron chi connectivity index (χ1n) is 5.20. The summed E-state index contributed by atoms with van der Waals surface area (Å²) in [6.07, 6.45) is 0. The molecule has 0 radical (unpaired) electrons. The summed E-state index contributed by atoms with van der Waals surface area (Å²) in [5.74, 6) is 1.94. The molecule has 0 aromatic rings.